The fourth-order valence-corrected chi connectivity index (χ4v) is 4.24. The lowest BCUT2D eigenvalue weighted by molar-refractivity contribution is -0.126. The standard InChI is InChI=1S/C21H29NO3/c1-14(21(24)22-13-15-6-4-3-5-7-15)18-10-8-16-12-17(25-2)9-11-19(16)20(18)23/h9,11-12,14-15,18H,3-8,10,13H2,1-2H3,(H,22,24). The van der Waals surface area contributed by atoms with E-state index in [-0.39, 0.29) is 23.5 Å². The predicted octanol–water partition coefficient (Wildman–Crippen LogP) is 3.77. The Kier molecular flexibility index (Phi) is 5.77. The summed E-state index contributed by atoms with van der Waals surface area (Å²) in [5, 5.41) is 3.10. The monoisotopic (exact) mass is 343 g/mol. The average molecular weight is 343 g/mol. The molecule has 4 heteroatoms. The molecule has 0 aliphatic heterocycles. The molecule has 0 spiro atoms. The first-order valence-electron chi connectivity index (χ1n) is 9.59. The van der Waals surface area contributed by atoms with E-state index in [0.29, 0.717) is 5.92 Å². The molecule has 1 saturated carbocycles. The summed E-state index contributed by atoms with van der Waals surface area (Å²) in [6.07, 6.45) is 7.86. The van der Waals surface area contributed by atoms with Gasteiger partial charge in [0.25, 0.3) is 0 Å². The number of Topliss-reactive ketones (excluding diaryl/α,β-unsaturated/α-hetero) is 1. The topological polar surface area (TPSA) is 55.4 Å². The number of hydrogen-bond acceptors (Lipinski definition) is 3. The minimum Gasteiger partial charge on any atom is -0.497 e. The Bertz CT molecular complexity index is 634. The Morgan fingerprint density at radius 3 is 2.72 bits per heavy atom. The van der Waals surface area contributed by atoms with E-state index in [2.05, 4.69) is 5.32 Å². The summed E-state index contributed by atoms with van der Waals surface area (Å²) in [4.78, 5) is 25.4. The highest BCUT2D eigenvalue weighted by Gasteiger charge is 2.35. The largest absolute Gasteiger partial charge is 0.497 e. The van der Waals surface area contributed by atoms with Crippen LogP contribution in [0.25, 0.3) is 0 Å². The van der Waals surface area contributed by atoms with Gasteiger partial charge in [-0.1, -0.05) is 26.2 Å². The van der Waals surface area contributed by atoms with Crippen molar-refractivity contribution in [3.05, 3.63) is 29.3 Å². The van der Waals surface area contributed by atoms with Crippen molar-refractivity contribution in [2.75, 3.05) is 13.7 Å². The van der Waals surface area contributed by atoms with E-state index in [9.17, 15) is 9.59 Å². The molecular weight excluding hydrogens is 314 g/mol. The quantitative estimate of drug-likeness (QED) is 0.885. The molecule has 0 aromatic heterocycles. The van der Waals surface area contributed by atoms with E-state index >= 15 is 0 Å². The van der Waals surface area contributed by atoms with Crippen LogP contribution in [0.2, 0.25) is 0 Å². The Hall–Kier alpha value is -1.84. The number of carbonyl (C=O) groups is 2. The summed E-state index contributed by atoms with van der Waals surface area (Å²) in [6.45, 7) is 2.66. The third kappa shape index (κ3) is 4.05. The third-order valence-electron chi connectivity index (χ3n) is 5.95. The molecule has 1 aromatic carbocycles. The summed E-state index contributed by atoms with van der Waals surface area (Å²) in [7, 11) is 1.63. The molecule has 1 amide bonds. The minimum absolute atomic E-state index is 0.0286. The Morgan fingerprint density at radius 1 is 1.24 bits per heavy atom. The molecule has 1 fully saturated rings. The molecule has 0 heterocycles. The summed E-state index contributed by atoms with van der Waals surface area (Å²) in [5.74, 6) is 1.03. The van der Waals surface area contributed by atoms with Gasteiger partial charge in [0.1, 0.15) is 5.75 Å². The van der Waals surface area contributed by atoms with Crippen molar-refractivity contribution in [3.8, 4) is 5.75 Å². The van der Waals surface area contributed by atoms with Crippen molar-refractivity contribution in [1.29, 1.82) is 0 Å². The van der Waals surface area contributed by atoms with Crippen LogP contribution in [0.3, 0.4) is 0 Å². The molecule has 0 radical (unpaired) electrons. The maximum absolute atomic E-state index is 12.8. The molecule has 0 saturated heterocycles. The molecule has 0 bridgehead atoms. The molecule has 1 aromatic rings. The Labute approximate surface area is 150 Å². The van der Waals surface area contributed by atoms with E-state index in [0.717, 1.165) is 36.3 Å². The van der Waals surface area contributed by atoms with Crippen LogP contribution < -0.4 is 10.1 Å². The number of fused-ring (bicyclic) bond motifs is 1. The lowest BCUT2D eigenvalue weighted by Gasteiger charge is -2.28. The molecule has 2 atom stereocenters. The van der Waals surface area contributed by atoms with E-state index in [1.165, 1.54) is 32.1 Å². The second kappa shape index (κ2) is 8.03. The van der Waals surface area contributed by atoms with Crippen molar-refractivity contribution >= 4 is 11.7 Å². The van der Waals surface area contributed by atoms with E-state index in [1.54, 1.807) is 7.11 Å². The van der Waals surface area contributed by atoms with Gasteiger partial charge in [-0.05, 0) is 55.4 Å². The van der Waals surface area contributed by atoms with Crippen molar-refractivity contribution in [2.45, 2.75) is 51.9 Å². The van der Waals surface area contributed by atoms with Gasteiger partial charge in [0.05, 0.1) is 7.11 Å². The van der Waals surface area contributed by atoms with Gasteiger partial charge in [-0.15, -0.1) is 0 Å². The fraction of sp³-hybridized carbons (Fsp3) is 0.619. The number of methoxy groups -OCH3 is 1. The zero-order chi connectivity index (χ0) is 17.8. The first kappa shape index (κ1) is 18.0. The molecule has 1 N–H and O–H groups in total. The lowest BCUT2D eigenvalue weighted by atomic mass is 9.76. The number of amides is 1. The molecule has 3 rings (SSSR count). The van der Waals surface area contributed by atoms with Crippen molar-refractivity contribution in [3.63, 3.8) is 0 Å². The van der Waals surface area contributed by atoms with Gasteiger partial charge < -0.3 is 10.1 Å². The maximum Gasteiger partial charge on any atom is 0.223 e. The number of hydrogen-bond donors (Lipinski definition) is 1. The molecular formula is C21H29NO3. The second-order valence-corrected chi connectivity index (χ2v) is 7.57. The predicted molar refractivity (Wildman–Crippen MR) is 97.9 cm³/mol. The number of benzene rings is 1. The minimum atomic E-state index is -0.272. The number of ketones is 1. The third-order valence-corrected chi connectivity index (χ3v) is 5.95. The van der Waals surface area contributed by atoms with Crippen LogP contribution in [0.1, 0.15) is 61.4 Å². The van der Waals surface area contributed by atoms with E-state index in [1.807, 2.05) is 25.1 Å². The Balaban J connectivity index is 1.60. The Morgan fingerprint density at radius 2 is 2.00 bits per heavy atom. The van der Waals surface area contributed by atoms with Gasteiger partial charge in [0.2, 0.25) is 5.91 Å². The van der Waals surface area contributed by atoms with Gasteiger partial charge in [0.15, 0.2) is 5.78 Å². The average Bonchev–Trinajstić information content (AvgIpc) is 2.66. The van der Waals surface area contributed by atoms with E-state index < -0.39 is 0 Å². The van der Waals surface area contributed by atoms with Gasteiger partial charge in [-0.25, -0.2) is 0 Å². The fourth-order valence-electron chi connectivity index (χ4n) is 4.24. The van der Waals surface area contributed by atoms with Gasteiger partial charge >= 0.3 is 0 Å². The normalized spacial score (nSPS) is 22.2. The number of nitrogens with one attached hydrogen (secondary N) is 1. The first-order valence-corrected chi connectivity index (χ1v) is 9.59. The number of aryl methyl sites for hydroxylation is 1. The zero-order valence-corrected chi connectivity index (χ0v) is 15.3. The van der Waals surface area contributed by atoms with Crippen molar-refractivity contribution < 1.29 is 14.3 Å². The lowest BCUT2D eigenvalue weighted by Crippen LogP contribution is -2.40. The summed E-state index contributed by atoms with van der Waals surface area (Å²) >= 11 is 0. The van der Waals surface area contributed by atoms with Gasteiger partial charge in [0, 0.05) is 23.9 Å². The van der Waals surface area contributed by atoms with Gasteiger partial charge in [-0.3, -0.25) is 9.59 Å². The first-order chi connectivity index (χ1) is 12.1. The van der Waals surface area contributed by atoms with Crippen LogP contribution in [-0.4, -0.2) is 25.3 Å². The highest BCUT2D eigenvalue weighted by molar-refractivity contribution is 6.02. The summed E-state index contributed by atoms with van der Waals surface area (Å²) < 4.78 is 5.24. The van der Waals surface area contributed by atoms with Crippen LogP contribution in [0.4, 0.5) is 0 Å². The molecule has 136 valence electrons. The molecule has 2 unspecified atom stereocenters. The van der Waals surface area contributed by atoms with Gasteiger partial charge in [-0.2, -0.15) is 0 Å². The van der Waals surface area contributed by atoms with E-state index in [4.69, 9.17) is 4.74 Å². The van der Waals surface area contributed by atoms with Crippen molar-refractivity contribution in [1.82, 2.24) is 5.32 Å². The SMILES string of the molecule is COc1ccc2c(c1)CCC(C(C)C(=O)NCC1CCCCC1)C2=O. The molecule has 4 nitrogen and oxygen atoms in total. The summed E-state index contributed by atoms with van der Waals surface area (Å²) in [5.41, 5.74) is 1.79. The summed E-state index contributed by atoms with van der Waals surface area (Å²) in [6, 6.07) is 5.61. The van der Waals surface area contributed by atoms with Crippen LogP contribution in [-0.2, 0) is 11.2 Å². The maximum atomic E-state index is 12.8. The highest BCUT2D eigenvalue weighted by atomic mass is 16.5. The van der Waals surface area contributed by atoms with Crippen molar-refractivity contribution in [2.24, 2.45) is 17.8 Å². The highest BCUT2D eigenvalue weighted by Crippen LogP contribution is 2.32. The number of carbonyl (C=O) groups excluding carboxylic acids is 2. The molecule has 25 heavy (non-hydrogen) atoms. The molecule has 2 aliphatic rings. The number of ether oxygens (including phenoxy) is 1. The zero-order valence-electron chi connectivity index (χ0n) is 15.3. The van der Waals surface area contributed by atoms with Crippen LogP contribution in [0.5, 0.6) is 5.75 Å². The van der Waals surface area contributed by atoms with Crippen LogP contribution in [0, 0.1) is 17.8 Å². The number of rotatable bonds is 5. The second-order valence-electron chi connectivity index (χ2n) is 7.57. The van der Waals surface area contributed by atoms with Crippen LogP contribution in [0.15, 0.2) is 18.2 Å². The van der Waals surface area contributed by atoms with Crippen LogP contribution >= 0.6 is 0 Å². The smallest absolute Gasteiger partial charge is 0.223 e. The molecule has 2 aliphatic carbocycles.